The van der Waals surface area contributed by atoms with Gasteiger partial charge in [0.2, 0.25) is 11.8 Å². The molecule has 1 saturated heterocycles. The predicted molar refractivity (Wildman–Crippen MR) is 74.9 cm³/mol. The van der Waals surface area contributed by atoms with Crippen LogP contribution in [0.25, 0.3) is 0 Å². The molecule has 1 aromatic rings. The number of rotatable bonds is 5. The molecule has 1 aliphatic rings. The third-order valence-electron chi connectivity index (χ3n) is 3.67. The van der Waals surface area contributed by atoms with Crippen LogP contribution in [-0.4, -0.2) is 44.4 Å². The lowest BCUT2D eigenvalue weighted by Crippen LogP contribution is -2.68. The first-order valence-electron chi connectivity index (χ1n) is 7.04. The summed E-state index contributed by atoms with van der Waals surface area (Å²) in [7, 11) is 0. The second kappa shape index (κ2) is 5.64. The van der Waals surface area contributed by atoms with Crippen LogP contribution >= 0.6 is 0 Å². The lowest BCUT2D eigenvalue weighted by atomic mass is 9.95. The van der Waals surface area contributed by atoms with Crippen LogP contribution in [0.3, 0.4) is 0 Å². The van der Waals surface area contributed by atoms with E-state index in [-0.39, 0.29) is 17.9 Å². The van der Waals surface area contributed by atoms with E-state index in [1.54, 1.807) is 31.3 Å². The molecule has 20 heavy (non-hydrogen) atoms. The van der Waals surface area contributed by atoms with Gasteiger partial charge in [0.1, 0.15) is 11.6 Å². The Hall–Kier alpha value is -1.85. The van der Waals surface area contributed by atoms with Crippen LogP contribution < -0.4 is 5.32 Å². The van der Waals surface area contributed by atoms with Gasteiger partial charge >= 0.3 is 0 Å². The molecule has 0 bridgehead atoms. The summed E-state index contributed by atoms with van der Waals surface area (Å²) in [5, 5.41) is 2.80. The summed E-state index contributed by atoms with van der Waals surface area (Å²) in [5.41, 5.74) is -0.808. The maximum Gasteiger partial charge on any atom is 0.248 e. The van der Waals surface area contributed by atoms with Crippen molar-refractivity contribution in [1.82, 2.24) is 19.8 Å². The molecule has 6 heteroatoms. The first-order chi connectivity index (χ1) is 9.45. The monoisotopic (exact) mass is 278 g/mol. The Bertz CT molecular complexity index is 481. The second-order valence-corrected chi connectivity index (χ2v) is 5.69. The van der Waals surface area contributed by atoms with E-state index >= 15 is 0 Å². The Morgan fingerprint density at radius 3 is 2.70 bits per heavy atom. The fourth-order valence-corrected chi connectivity index (χ4v) is 2.59. The highest BCUT2D eigenvalue weighted by atomic mass is 16.2. The van der Waals surface area contributed by atoms with Gasteiger partial charge in [-0.05, 0) is 26.7 Å². The van der Waals surface area contributed by atoms with Crippen LogP contribution in [-0.2, 0) is 16.1 Å². The van der Waals surface area contributed by atoms with Crippen LogP contribution in [0.4, 0.5) is 0 Å². The molecule has 1 aliphatic heterocycles. The zero-order chi connectivity index (χ0) is 14.8. The number of nitrogens with one attached hydrogen (secondary N) is 1. The maximum atomic E-state index is 12.4. The highest BCUT2D eigenvalue weighted by Crippen LogP contribution is 2.20. The van der Waals surface area contributed by atoms with E-state index in [4.69, 9.17) is 0 Å². The van der Waals surface area contributed by atoms with Crippen molar-refractivity contribution >= 4 is 11.8 Å². The SMILES string of the molecule is CCC1C(=O)NC(C)(C)C(=O)N1CCCn1ccnc1. The summed E-state index contributed by atoms with van der Waals surface area (Å²) in [6.45, 7) is 6.82. The molecule has 110 valence electrons. The topological polar surface area (TPSA) is 67.2 Å². The van der Waals surface area contributed by atoms with Gasteiger partial charge in [-0.1, -0.05) is 6.92 Å². The van der Waals surface area contributed by atoms with Crippen LogP contribution in [0.5, 0.6) is 0 Å². The van der Waals surface area contributed by atoms with Crippen LogP contribution in [0.15, 0.2) is 18.7 Å². The molecule has 0 saturated carbocycles. The quantitative estimate of drug-likeness (QED) is 0.866. The smallest absolute Gasteiger partial charge is 0.248 e. The Balaban J connectivity index is 2.01. The van der Waals surface area contributed by atoms with Crippen LogP contribution in [0.2, 0.25) is 0 Å². The minimum Gasteiger partial charge on any atom is -0.340 e. The lowest BCUT2D eigenvalue weighted by Gasteiger charge is -2.42. The Labute approximate surface area is 119 Å². The highest BCUT2D eigenvalue weighted by Gasteiger charge is 2.43. The largest absolute Gasteiger partial charge is 0.340 e. The van der Waals surface area contributed by atoms with Crippen molar-refractivity contribution in [2.75, 3.05) is 6.54 Å². The minimum absolute atomic E-state index is 0.00502. The van der Waals surface area contributed by atoms with E-state index in [9.17, 15) is 9.59 Å². The summed E-state index contributed by atoms with van der Waals surface area (Å²) >= 11 is 0. The number of nitrogens with zero attached hydrogens (tertiary/aromatic N) is 3. The molecule has 0 radical (unpaired) electrons. The minimum atomic E-state index is -0.808. The standard InChI is InChI=1S/C14H22N4O2/c1-4-11-12(19)16-14(2,3)13(20)18(11)8-5-7-17-9-6-15-10-17/h6,9-11H,4-5,7-8H2,1-3H3,(H,16,19). The van der Waals surface area contributed by atoms with Gasteiger partial charge < -0.3 is 14.8 Å². The number of aryl methyl sites for hydroxylation is 1. The molecular weight excluding hydrogens is 256 g/mol. The number of amides is 2. The van der Waals surface area contributed by atoms with E-state index in [2.05, 4.69) is 10.3 Å². The highest BCUT2D eigenvalue weighted by molar-refractivity contribution is 5.99. The normalized spacial score (nSPS) is 21.9. The number of carbonyl (C=O) groups excluding carboxylic acids is 2. The van der Waals surface area contributed by atoms with Crippen molar-refractivity contribution in [3.05, 3.63) is 18.7 Å². The molecule has 6 nitrogen and oxygen atoms in total. The number of carbonyl (C=O) groups is 2. The van der Waals surface area contributed by atoms with Gasteiger partial charge in [0.15, 0.2) is 0 Å². The molecule has 1 unspecified atom stereocenters. The van der Waals surface area contributed by atoms with Gasteiger partial charge in [-0.25, -0.2) is 4.98 Å². The van der Waals surface area contributed by atoms with Crippen LogP contribution in [0, 0.1) is 0 Å². The van der Waals surface area contributed by atoms with E-state index in [1.165, 1.54) is 0 Å². The van der Waals surface area contributed by atoms with Gasteiger partial charge in [0.05, 0.1) is 6.33 Å². The molecule has 1 N–H and O–H groups in total. The molecule has 1 aromatic heterocycles. The zero-order valence-corrected chi connectivity index (χ0v) is 12.3. The first-order valence-corrected chi connectivity index (χ1v) is 7.04. The van der Waals surface area contributed by atoms with E-state index in [0.717, 1.165) is 13.0 Å². The number of hydrogen-bond acceptors (Lipinski definition) is 3. The second-order valence-electron chi connectivity index (χ2n) is 5.69. The average molecular weight is 278 g/mol. The van der Waals surface area contributed by atoms with Crippen molar-refractivity contribution in [2.45, 2.75) is 51.7 Å². The molecule has 1 atom stereocenters. The Morgan fingerprint density at radius 2 is 2.10 bits per heavy atom. The fourth-order valence-electron chi connectivity index (χ4n) is 2.59. The third-order valence-corrected chi connectivity index (χ3v) is 3.67. The Morgan fingerprint density at radius 1 is 1.35 bits per heavy atom. The van der Waals surface area contributed by atoms with Crippen molar-refractivity contribution in [3.63, 3.8) is 0 Å². The number of piperazine rings is 1. The van der Waals surface area contributed by atoms with Gasteiger partial charge in [-0.3, -0.25) is 9.59 Å². The third kappa shape index (κ3) is 2.84. The predicted octanol–water partition coefficient (Wildman–Crippen LogP) is 0.789. The van der Waals surface area contributed by atoms with Crippen molar-refractivity contribution in [3.8, 4) is 0 Å². The fraction of sp³-hybridized carbons (Fsp3) is 0.643. The van der Waals surface area contributed by atoms with Crippen LogP contribution in [0.1, 0.15) is 33.6 Å². The van der Waals surface area contributed by atoms with Gasteiger partial charge in [0, 0.05) is 25.5 Å². The number of aromatic nitrogens is 2. The number of hydrogen-bond donors (Lipinski definition) is 1. The first kappa shape index (κ1) is 14.6. The van der Waals surface area contributed by atoms with Gasteiger partial charge in [0.25, 0.3) is 0 Å². The Kier molecular flexibility index (Phi) is 4.11. The molecular formula is C14H22N4O2. The summed E-state index contributed by atoms with van der Waals surface area (Å²) in [4.78, 5) is 30.2. The molecule has 2 amide bonds. The van der Waals surface area contributed by atoms with E-state index in [1.807, 2.05) is 17.7 Å². The van der Waals surface area contributed by atoms with Crippen molar-refractivity contribution < 1.29 is 9.59 Å². The van der Waals surface area contributed by atoms with Crippen molar-refractivity contribution in [1.29, 1.82) is 0 Å². The molecule has 0 aromatic carbocycles. The summed E-state index contributed by atoms with van der Waals surface area (Å²) in [6.07, 6.45) is 6.83. The summed E-state index contributed by atoms with van der Waals surface area (Å²) < 4.78 is 1.97. The molecule has 0 aliphatic carbocycles. The molecule has 2 rings (SSSR count). The summed E-state index contributed by atoms with van der Waals surface area (Å²) in [5.74, 6) is -0.0608. The molecule has 2 heterocycles. The molecule has 0 spiro atoms. The van der Waals surface area contributed by atoms with Crippen molar-refractivity contribution in [2.24, 2.45) is 0 Å². The average Bonchev–Trinajstić information content (AvgIpc) is 2.88. The van der Waals surface area contributed by atoms with Gasteiger partial charge in [-0.15, -0.1) is 0 Å². The maximum absolute atomic E-state index is 12.4. The molecule has 1 fully saturated rings. The van der Waals surface area contributed by atoms with E-state index in [0.29, 0.717) is 13.0 Å². The number of imidazole rings is 1. The zero-order valence-electron chi connectivity index (χ0n) is 12.3. The van der Waals surface area contributed by atoms with Gasteiger partial charge in [-0.2, -0.15) is 0 Å². The summed E-state index contributed by atoms with van der Waals surface area (Å²) in [6, 6.07) is -0.349. The van der Waals surface area contributed by atoms with E-state index < -0.39 is 5.54 Å². The lowest BCUT2D eigenvalue weighted by molar-refractivity contribution is -0.153.